The fraction of sp³-hybridized carbons (Fsp3) is 0.636. The molecule has 1 atom stereocenters. The number of nitrogens with one attached hydrogen (secondary N) is 1. The van der Waals surface area contributed by atoms with E-state index in [1.54, 1.807) is 0 Å². The second-order valence-electron chi connectivity index (χ2n) is 4.00. The van der Waals surface area contributed by atoms with Gasteiger partial charge in [-0.1, -0.05) is 0 Å². The highest BCUT2D eigenvalue weighted by molar-refractivity contribution is 6.06. The molecule has 0 aromatic heterocycles. The molecular formula is C11H14N2O2. The molecule has 0 radical (unpaired) electrons. The first-order chi connectivity index (χ1) is 7.24. The summed E-state index contributed by atoms with van der Waals surface area (Å²) in [4.78, 5) is 24.7. The van der Waals surface area contributed by atoms with Crippen LogP contribution in [-0.4, -0.2) is 35.3 Å². The normalized spacial score (nSPS) is 25.8. The molecule has 0 spiro atoms. The van der Waals surface area contributed by atoms with Crippen molar-refractivity contribution in [1.29, 1.82) is 0 Å². The molecule has 1 N–H and O–H groups in total. The van der Waals surface area contributed by atoms with Crippen molar-refractivity contribution in [3.63, 3.8) is 0 Å². The first-order valence-corrected chi connectivity index (χ1v) is 5.27. The van der Waals surface area contributed by atoms with Gasteiger partial charge in [0.2, 0.25) is 11.8 Å². The van der Waals surface area contributed by atoms with Gasteiger partial charge < -0.3 is 5.32 Å². The van der Waals surface area contributed by atoms with Crippen molar-refractivity contribution in [3.8, 4) is 12.3 Å². The maximum atomic E-state index is 11.8. The summed E-state index contributed by atoms with van der Waals surface area (Å²) in [7, 11) is 0. The molecule has 1 unspecified atom stereocenters. The third kappa shape index (κ3) is 2.02. The van der Waals surface area contributed by atoms with Gasteiger partial charge in [0, 0.05) is 19.0 Å². The SMILES string of the molecule is C#CCCNC1CC(=O)N(C2CC2)C1=O. The van der Waals surface area contributed by atoms with E-state index in [0.717, 1.165) is 12.8 Å². The van der Waals surface area contributed by atoms with E-state index in [1.165, 1.54) is 4.90 Å². The van der Waals surface area contributed by atoms with Crippen molar-refractivity contribution in [3.05, 3.63) is 0 Å². The van der Waals surface area contributed by atoms with Crippen LogP contribution in [0.4, 0.5) is 0 Å². The standard InChI is InChI=1S/C11H14N2O2/c1-2-3-6-12-9-7-10(14)13(11(9)15)8-4-5-8/h1,8-9,12H,3-7H2. The molecule has 2 fully saturated rings. The van der Waals surface area contributed by atoms with Crippen molar-refractivity contribution in [2.24, 2.45) is 0 Å². The van der Waals surface area contributed by atoms with Gasteiger partial charge in [-0.25, -0.2) is 0 Å². The predicted octanol–water partition coefficient (Wildman–Crippen LogP) is -0.111. The van der Waals surface area contributed by atoms with Crippen molar-refractivity contribution in [1.82, 2.24) is 10.2 Å². The van der Waals surface area contributed by atoms with Gasteiger partial charge in [0.05, 0.1) is 12.5 Å². The van der Waals surface area contributed by atoms with E-state index in [1.807, 2.05) is 0 Å². The van der Waals surface area contributed by atoms with Gasteiger partial charge in [0.25, 0.3) is 0 Å². The van der Waals surface area contributed by atoms with E-state index in [4.69, 9.17) is 6.42 Å². The minimum Gasteiger partial charge on any atom is -0.304 e. The number of likely N-dealkylation sites (tertiary alicyclic amines) is 1. The van der Waals surface area contributed by atoms with E-state index < -0.39 is 0 Å². The second-order valence-corrected chi connectivity index (χ2v) is 4.00. The summed E-state index contributed by atoms with van der Waals surface area (Å²) in [6.07, 6.45) is 7.92. The third-order valence-electron chi connectivity index (χ3n) is 2.76. The molecule has 4 heteroatoms. The Morgan fingerprint density at radius 2 is 2.20 bits per heavy atom. The van der Waals surface area contributed by atoms with Gasteiger partial charge in [-0.2, -0.15) is 0 Å². The molecule has 80 valence electrons. The maximum Gasteiger partial charge on any atom is 0.247 e. The molecule has 2 aliphatic rings. The molecule has 0 aromatic rings. The van der Waals surface area contributed by atoms with E-state index >= 15 is 0 Å². The van der Waals surface area contributed by atoms with Crippen LogP contribution < -0.4 is 5.32 Å². The highest BCUT2D eigenvalue weighted by Crippen LogP contribution is 2.31. The summed E-state index contributed by atoms with van der Waals surface area (Å²) in [5, 5.41) is 3.02. The van der Waals surface area contributed by atoms with E-state index in [2.05, 4.69) is 11.2 Å². The zero-order valence-corrected chi connectivity index (χ0v) is 8.53. The molecule has 15 heavy (non-hydrogen) atoms. The highest BCUT2D eigenvalue weighted by Gasteiger charge is 2.45. The molecular weight excluding hydrogens is 192 g/mol. The number of amides is 2. The Morgan fingerprint density at radius 1 is 1.47 bits per heavy atom. The topological polar surface area (TPSA) is 49.4 Å². The fourth-order valence-corrected chi connectivity index (χ4v) is 1.85. The van der Waals surface area contributed by atoms with Crippen molar-refractivity contribution in [2.45, 2.75) is 37.8 Å². The van der Waals surface area contributed by atoms with Crippen LogP contribution in [0.1, 0.15) is 25.7 Å². The summed E-state index contributed by atoms with van der Waals surface area (Å²) >= 11 is 0. The van der Waals surface area contributed by atoms with Gasteiger partial charge >= 0.3 is 0 Å². The number of rotatable bonds is 4. The average Bonchev–Trinajstić information content (AvgIpc) is 2.97. The van der Waals surface area contributed by atoms with Gasteiger partial charge in [0.1, 0.15) is 0 Å². The molecule has 2 rings (SSSR count). The van der Waals surface area contributed by atoms with Crippen molar-refractivity contribution < 1.29 is 9.59 Å². The van der Waals surface area contributed by atoms with Gasteiger partial charge in [-0.3, -0.25) is 14.5 Å². The number of carbonyl (C=O) groups excluding carboxylic acids is 2. The summed E-state index contributed by atoms with van der Waals surface area (Å²) < 4.78 is 0. The molecule has 0 bridgehead atoms. The largest absolute Gasteiger partial charge is 0.304 e. The first kappa shape index (κ1) is 10.2. The molecule has 1 aliphatic heterocycles. The Balaban J connectivity index is 1.90. The van der Waals surface area contributed by atoms with E-state index in [-0.39, 0.29) is 23.9 Å². The molecule has 1 heterocycles. The van der Waals surface area contributed by atoms with Crippen LogP contribution in [0.2, 0.25) is 0 Å². The van der Waals surface area contributed by atoms with Crippen LogP contribution in [0.5, 0.6) is 0 Å². The van der Waals surface area contributed by atoms with Gasteiger partial charge in [-0.15, -0.1) is 12.3 Å². The molecule has 1 saturated heterocycles. The van der Waals surface area contributed by atoms with Crippen LogP contribution in [0.25, 0.3) is 0 Å². The molecule has 1 aliphatic carbocycles. The van der Waals surface area contributed by atoms with Gasteiger partial charge in [0.15, 0.2) is 0 Å². The van der Waals surface area contributed by atoms with E-state index in [0.29, 0.717) is 19.4 Å². The van der Waals surface area contributed by atoms with Crippen molar-refractivity contribution in [2.75, 3.05) is 6.54 Å². The Bertz CT molecular complexity index is 328. The lowest BCUT2D eigenvalue weighted by molar-refractivity contribution is -0.139. The first-order valence-electron chi connectivity index (χ1n) is 5.27. The van der Waals surface area contributed by atoms with Crippen LogP contribution in [0.15, 0.2) is 0 Å². The van der Waals surface area contributed by atoms with Gasteiger partial charge in [-0.05, 0) is 12.8 Å². The molecule has 0 aromatic carbocycles. The number of imide groups is 1. The zero-order chi connectivity index (χ0) is 10.8. The lowest BCUT2D eigenvalue weighted by Crippen LogP contribution is -2.40. The zero-order valence-electron chi connectivity index (χ0n) is 8.53. The van der Waals surface area contributed by atoms with Crippen LogP contribution in [0.3, 0.4) is 0 Å². The summed E-state index contributed by atoms with van der Waals surface area (Å²) in [5.74, 6) is 2.38. The van der Waals surface area contributed by atoms with Crippen molar-refractivity contribution >= 4 is 11.8 Å². The monoisotopic (exact) mass is 206 g/mol. The maximum absolute atomic E-state index is 11.8. The van der Waals surface area contributed by atoms with Crippen LogP contribution in [-0.2, 0) is 9.59 Å². The Hall–Kier alpha value is -1.34. The fourth-order valence-electron chi connectivity index (χ4n) is 1.85. The number of hydrogen-bond acceptors (Lipinski definition) is 3. The molecule has 1 saturated carbocycles. The minimum absolute atomic E-state index is 0.0410. The highest BCUT2D eigenvalue weighted by atomic mass is 16.2. The molecule has 4 nitrogen and oxygen atoms in total. The summed E-state index contributed by atoms with van der Waals surface area (Å²) in [5.41, 5.74) is 0. The lowest BCUT2D eigenvalue weighted by Gasteiger charge is -2.13. The second kappa shape index (κ2) is 4.03. The number of nitrogens with zero attached hydrogens (tertiary/aromatic N) is 1. The average molecular weight is 206 g/mol. The third-order valence-corrected chi connectivity index (χ3v) is 2.76. The Labute approximate surface area is 89.0 Å². The van der Waals surface area contributed by atoms with Crippen LogP contribution >= 0.6 is 0 Å². The number of terminal acetylenes is 1. The predicted molar refractivity (Wildman–Crippen MR) is 54.7 cm³/mol. The summed E-state index contributed by atoms with van der Waals surface area (Å²) in [6.45, 7) is 0.596. The Kier molecular flexibility index (Phi) is 2.74. The van der Waals surface area contributed by atoms with Crippen LogP contribution in [0, 0.1) is 12.3 Å². The molecule has 2 amide bonds. The number of hydrogen-bond donors (Lipinski definition) is 1. The Morgan fingerprint density at radius 3 is 2.80 bits per heavy atom. The summed E-state index contributed by atoms with van der Waals surface area (Å²) in [6, 6.07) is -0.157. The number of carbonyl (C=O) groups is 2. The minimum atomic E-state index is -0.341. The smallest absolute Gasteiger partial charge is 0.247 e. The van der Waals surface area contributed by atoms with E-state index in [9.17, 15) is 9.59 Å². The lowest BCUT2D eigenvalue weighted by atomic mass is 10.2. The quantitative estimate of drug-likeness (QED) is 0.396.